The molecule has 2 saturated heterocycles. The lowest BCUT2D eigenvalue weighted by atomic mass is 9.94. The molecule has 0 spiro atoms. The fourth-order valence-corrected chi connectivity index (χ4v) is 2.89. The SMILES string of the molecule is CCN1CCCC(CC2NC(C)(C)CO2)C1.Cl. The first-order chi connectivity index (χ1) is 7.59. The highest BCUT2D eigenvalue weighted by molar-refractivity contribution is 5.85. The molecule has 0 aromatic carbocycles. The van der Waals surface area contributed by atoms with Crippen molar-refractivity contribution in [2.24, 2.45) is 5.92 Å². The molecular weight excluding hydrogens is 236 g/mol. The molecular formula is C13H27ClN2O. The van der Waals surface area contributed by atoms with Crippen molar-refractivity contribution in [2.45, 2.75) is 51.8 Å². The van der Waals surface area contributed by atoms with Crippen LogP contribution in [0, 0.1) is 5.92 Å². The van der Waals surface area contributed by atoms with E-state index in [0.717, 1.165) is 12.5 Å². The third kappa shape index (κ3) is 4.40. The maximum atomic E-state index is 5.81. The molecule has 1 N–H and O–H groups in total. The van der Waals surface area contributed by atoms with Crippen LogP contribution in [0.3, 0.4) is 0 Å². The molecule has 4 heteroatoms. The van der Waals surface area contributed by atoms with Gasteiger partial charge < -0.3 is 9.64 Å². The van der Waals surface area contributed by atoms with Gasteiger partial charge in [-0.1, -0.05) is 6.92 Å². The van der Waals surface area contributed by atoms with E-state index >= 15 is 0 Å². The quantitative estimate of drug-likeness (QED) is 0.845. The predicted octanol–water partition coefficient (Wildman–Crippen LogP) is 2.25. The van der Waals surface area contributed by atoms with Gasteiger partial charge in [-0.15, -0.1) is 12.4 Å². The van der Waals surface area contributed by atoms with E-state index in [1.54, 1.807) is 0 Å². The lowest BCUT2D eigenvalue weighted by molar-refractivity contribution is 0.0603. The number of rotatable bonds is 3. The number of piperidine rings is 1. The number of hydrogen-bond donors (Lipinski definition) is 1. The molecule has 0 aliphatic carbocycles. The summed E-state index contributed by atoms with van der Waals surface area (Å²) >= 11 is 0. The third-order valence-electron chi connectivity index (χ3n) is 3.79. The zero-order valence-corrected chi connectivity index (χ0v) is 12.2. The van der Waals surface area contributed by atoms with Gasteiger partial charge >= 0.3 is 0 Å². The van der Waals surface area contributed by atoms with Crippen LogP contribution in [0.1, 0.15) is 40.0 Å². The monoisotopic (exact) mass is 262 g/mol. The van der Waals surface area contributed by atoms with Crippen molar-refractivity contribution in [3.8, 4) is 0 Å². The summed E-state index contributed by atoms with van der Waals surface area (Å²) in [6.07, 6.45) is 4.20. The Kier molecular flexibility index (Phi) is 5.71. The van der Waals surface area contributed by atoms with Crippen molar-refractivity contribution >= 4 is 12.4 Å². The summed E-state index contributed by atoms with van der Waals surface area (Å²) in [5, 5.41) is 3.57. The highest BCUT2D eigenvalue weighted by Gasteiger charge is 2.33. The molecule has 2 aliphatic rings. The first-order valence-corrected chi connectivity index (χ1v) is 6.71. The Morgan fingerprint density at radius 1 is 1.41 bits per heavy atom. The molecule has 2 rings (SSSR count). The fourth-order valence-electron chi connectivity index (χ4n) is 2.89. The van der Waals surface area contributed by atoms with Crippen LogP contribution in [0.25, 0.3) is 0 Å². The Bertz CT molecular complexity index is 235. The van der Waals surface area contributed by atoms with Gasteiger partial charge in [0.2, 0.25) is 0 Å². The van der Waals surface area contributed by atoms with Crippen LogP contribution in [0.2, 0.25) is 0 Å². The minimum atomic E-state index is 0. The van der Waals surface area contributed by atoms with Gasteiger partial charge in [-0.3, -0.25) is 5.32 Å². The lowest BCUT2D eigenvalue weighted by Gasteiger charge is -2.33. The van der Waals surface area contributed by atoms with Crippen LogP contribution in [0.15, 0.2) is 0 Å². The molecule has 2 heterocycles. The fraction of sp³-hybridized carbons (Fsp3) is 1.00. The van der Waals surface area contributed by atoms with Crippen LogP contribution in [0.4, 0.5) is 0 Å². The predicted molar refractivity (Wildman–Crippen MR) is 73.7 cm³/mol. The number of likely N-dealkylation sites (tertiary alicyclic amines) is 1. The molecule has 2 aliphatic heterocycles. The van der Waals surface area contributed by atoms with E-state index in [9.17, 15) is 0 Å². The minimum absolute atomic E-state index is 0. The maximum Gasteiger partial charge on any atom is 0.109 e. The number of halogens is 1. The number of hydrogen-bond acceptors (Lipinski definition) is 3. The van der Waals surface area contributed by atoms with Gasteiger partial charge in [0.15, 0.2) is 0 Å². The topological polar surface area (TPSA) is 24.5 Å². The standard InChI is InChI=1S/C13H26N2O.ClH/c1-4-15-7-5-6-11(9-15)8-12-14-13(2,3)10-16-12;/h11-12,14H,4-10H2,1-3H3;1H. The summed E-state index contributed by atoms with van der Waals surface area (Å²) < 4.78 is 5.81. The Morgan fingerprint density at radius 2 is 2.18 bits per heavy atom. The van der Waals surface area contributed by atoms with E-state index in [1.807, 2.05) is 0 Å². The van der Waals surface area contributed by atoms with Crippen molar-refractivity contribution in [1.29, 1.82) is 0 Å². The average Bonchev–Trinajstić information content (AvgIpc) is 2.58. The van der Waals surface area contributed by atoms with Gasteiger partial charge in [0.25, 0.3) is 0 Å². The van der Waals surface area contributed by atoms with Crippen molar-refractivity contribution in [3.63, 3.8) is 0 Å². The molecule has 0 bridgehead atoms. The van der Waals surface area contributed by atoms with E-state index < -0.39 is 0 Å². The van der Waals surface area contributed by atoms with E-state index in [0.29, 0.717) is 0 Å². The molecule has 2 atom stereocenters. The zero-order valence-electron chi connectivity index (χ0n) is 11.4. The molecule has 2 fully saturated rings. The smallest absolute Gasteiger partial charge is 0.109 e. The molecule has 3 nitrogen and oxygen atoms in total. The Balaban J connectivity index is 0.00000144. The van der Waals surface area contributed by atoms with Gasteiger partial charge in [0, 0.05) is 12.1 Å². The maximum absolute atomic E-state index is 5.81. The normalized spacial score (nSPS) is 33.4. The van der Waals surface area contributed by atoms with Crippen LogP contribution in [0.5, 0.6) is 0 Å². The van der Waals surface area contributed by atoms with Gasteiger partial charge in [-0.05, 0) is 52.1 Å². The second kappa shape index (κ2) is 6.37. The lowest BCUT2D eigenvalue weighted by Crippen LogP contribution is -2.42. The molecule has 17 heavy (non-hydrogen) atoms. The van der Waals surface area contributed by atoms with Gasteiger partial charge in [0.1, 0.15) is 6.23 Å². The molecule has 0 saturated carbocycles. The van der Waals surface area contributed by atoms with E-state index in [1.165, 1.54) is 38.9 Å². The molecule has 0 amide bonds. The van der Waals surface area contributed by atoms with Crippen LogP contribution in [-0.4, -0.2) is 42.9 Å². The minimum Gasteiger partial charge on any atom is -0.361 e. The summed E-state index contributed by atoms with van der Waals surface area (Å²) in [5.74, 6) is 0.820. The number of ether oxygens (including phenoxy) is 1. The zero-order chi connectivity index (χ0) is 11.6. The second-order valence-electron chi connectivity index (χ2n) is 5.97. The number of nitrogens with zero attached hydrogens (tertiary/aromatic N) is 1. The summed E-state index contributed by atoms with van der Waals surface area (Å²) in [6, 6.07) is 0. The first kappa shape index (κ1) is 15.2. The van der Waals surface area contributed by atoms with E-state index in [2.05, 4.69) is 31.0 Å². The first-order valence-electron chi connectivity index (χ1n) is 6.71. The third-order valence-corrected chi connectivity index (χ3v) is 3.79. The molecule has 0 aromatic rings. The van der Waals surface area contributed by atoms with Gasteiger partial charge in [-0.2, -0.15) is 0 Å². The van der Waals surface area contributed by atoms with E-state index in [4.69, 9.17) is 4.74 Å². The number of nitrogens with one attached hydrogen (secondary N) is 1. The summed E-state index contributed by atoms with van der Waals surface area (Å²) in [6.45, 7) is 11.3. The molecule has 0 aromatic heterocycles. The van der Waals surface area contributed by atoms with Crippen LogP contribution < -0.4 is 5.32 Å². The van der Waals surface area contributed by atoms with Gasteiger partial charge in [0.05, 0.1) is 6.61 Å². The van der Waals surface area contributed by atoms with Crippen LogP contribution in [-0.2, 0) is 4.74 Å². The average molecular weight is 263 g/mol. The highest BCUT2D eigenvalue weighted by Crippen LogP contribution is 2.25. The molecule has 0 radical (unpaired) electrons. The Morgan fingerprint density at radius 3 is 2.76 bits per heavy atom. The molecule has 102 valence electrons. The van der Waals surface area contributed by atoms with Crippen molar-refractivity contribution < 1.29 is 4.74 Å². The van der Waals surface area contributed by atoms with Crippen molar-refractivity contribution in [1.82, 2.24) is 10.2 Å². The molecule has 2 unspecified atom stereocenters. The van der Waals surface area contributed by atoms with Crippen molar-refractivity contribution in [2.75, 3.05) is 26.2 Å². The van der Waals surface area contributed by atoms with Crippen molar-refractivity contribution in [3.05, 3.63) is 0 Å². The largest absolute Gasteiger partial charge is 0.361 e. The van der Waals surface area contributed by atoms with E-state index in [-0.39, 0.29) is 24.2 Å². The second-order valence-corrected chi connectivity index (χ2v) is 5.97. The highest BCUT2D eigenvalue weighted by atomic mass is 35.5. The summed E-state index contributed by atoms with van der Waals surface area (Å²) in [4.78, 5) is 2.56. The Labute approximate surface area is 112 Å². The summed E-state index contributed by atoms with van der Waals surface area (Å²) in [5.41, 5.74) is 0.170. The summed E-state index contributed by atoms with van der Waals surface area (Å²) in [7, 11) is 0. The van der Waals surface area contributed by atoms with Crippen LogP contribution >= 0.6 is 12.4 Å². The Hall–Kier alpha value is 0.170. The van der Waals surface area contributed by atoms with Gasteiger partial charge in [-0.25, -0.2) is 0 Å².